The number of rotatable bonds is 5. The smallest absolute Gasteiger partial charge is 0.264 e. The minimum atomic E-state index is -3.71. The number of carbonyl (C=O) groups excluding carboxylic acids is 1. The molecule has 134 valence electrons. The Balaban J connectivity index is 2.38. The molecular weight excluding hydrogens is 340 g/mol. The fraction of sp³-hybridized carbons (Fsp3) is 0.278. The molecule has 0 fully saturated rings. The lowest BCUT2D eigenvalue weighted by atomic mass is 10.1. The van der Waals surface area contributed by atoms with Crippen molar-refractivity contribution in [2.45, 2.75) is 11.8 Å². The molecule has 0 unspecified atom stereocenters. The Hall–Kier alpha value is -2.54. The zero-order chi connectivity index (χ0) is 18.8. The SMILES string of the molecule is COc1ccc(S(=O)(=O)N(C)c2ccc(C(=O)N(C)C)cc2C)cc1. The molecule has 7 heteroatoms. The number of aryl methyl sites for hydroxylation is 1. The standard InChI is InChI=1S/C18H22N2O4S/c1-13-12-14(18(21)19(2)3)6-11-17(13)20(4)25(22,23)16-9-7-15(24-5)8-10-16/h6-12H,1-5H3. The molecule has 0 aliphatic heterocycles. The minimum absolute atomic E-state index is 0.129. The summed E-state index contributed by atoms with van der Waals surface area (Å²) in [6, 6.07) is 11.2. The van der Waals surface area contributed by atoms with Crippen LogP contribution in [0, 0.1) is 6.92 Å². The minimum Gasteiger partial charge on any atom is -0.497 e. The van der Waals surface area contributed by atoms with Crippen LogP contribution in [0.1, 0.15) is 15.9 Å². The highest BCUT2D eigenvalue weighted by Gasteiger charge is 2.23. The first-order chi connectivity index (χ1) is 11.7. The van der Waals surface area contributed by atoms with Gasteiger partial charge in [0.15, 0.2) is 0 Å². The van der Waals surface area contributed by atoms with Crippen molar-refractivity contribution in [1.29, 1.82) is 0 Å². The van der Waals surface area contributed by atoms with Gasteiger partial charge in [0.25, 0.3) is 15.9 Å². The van der Waals surface area contributed by atoms with Crippen LogP contribution >= 0.6 is 0 Å². The fourth-order valence-corrected chi connectivity index (χ4v) is 3.70. The number of hydrogen-bond donors (Lipinski definition) is 0. The van der Waals surface area contributed by atoms with Gasteiger partial charge in [-0.3, -0.25) is 9.10 Å². The monoisotopic (exact) mass is 362 g/mol. The quantitative estimate of drug-likeness (QED) is 0.820. The lowest BCUT2D eigenvalue weighted by Gasteiger charge is -2.22. The third-order valence-electron chi connectivity index (χ3n) is 3.91. The topological polar surface area (TPSA) is 66.9 Å². The number of benzene rings is 2. The summed E-state index contributed by atoms with van der Waals surface area (Å²) >= 11 is 0. The van der Waals surface area contributed by atoms with E-state index < -0.39 is 10.0 Å². The zero-order valence-corrected chi connectivity index (χ0v) is 15.8. The molecule has 0 saturated carbocycles. The maximum atomic E-state index is 12.8. The summed E-state index contributed by atoms with van der Waals surface area (Å²) in [6.45, 7) is 1.78. The van der Waals surface area contributed by atoms with Crippen LogP contribution in [0.2, 0.25) is 0 Å². The second-order valence-corrected chi connectivity index (χ2v) is 7.82. The van der Waals surface area contributed by atoms with Crippen molar-refractivity contribution in [2.75, 3.05) is 32.6 Å². The molecular formula is C18H22N2O4S. The van der Waals surface area contributed by atoms with Gasteiger partial charge in [-0.05, 0) is 55.0 Å². The lowest BCUT2D eigenvalue weighted by Crippen LogP contribution is -2.27. The second-order valence-electron chi connectivity index (χ2n) is 5.85. The van der Waals surface area contributed by atoms with Crippen LogP contribution in [-0.4, -0.2) is 47.5 Å². The molecule has 2 aromatic rings. The molecule has 0 N–H and O–H groups in total. The van der Waals surface area contributed by atoms with E-state index in [0.29, 0.717) is 22.6 Å². The van der Waals surface area contributed by atoms with Gasteiger partial charge in [0, 0.05) is 26.7 Å². The molecule has 0 saturated heterocycles. The third-order valence-corrected chi connectivity index (χ3v) is 5.69. The number of carbonyl (C=O) groups is 1. The Morgan fingerprint density at radius 1 is 1.00 bits per heavy atom. The van der Waals surface area contributed by atoms with Crippen LogP contribution in [0.15, 0.2) is 47.4 Å². The summed E-state index contributed by atoms with van der Waals surface area (Å²) in [5, 5.41) is 0. The van der Waals surface area contributed by atoms with E-state index in [0.717, 1.165) is 0 Å². The normalized spacial score (nSPS) is 11.1. The Morgan fingerprint density at radius 3 is 2.08 bits per heavy atom. The van der Waals surface area contributed by atoms with Crippen LogP contribution in [0.4, 0.5) is 5.69 Å². The average molecular weight is 362 g/mol. The van der Waals surface area contributed by atoms with Crippen molar-refractivity contribution in [3.63, 3.8) is 0 Å². The van der Waals surface area contributed by atoms with Crippen molar-refractivity contribution in [3.05, 3.63) is 53.6 Å². The highest BCUT2D eigenvalue weighted by Crippen LogP contribution is 2.27. The van der Waals surface area contributed by atoms with E-state index in [9.17, 15) is 13.2 Å². The Bertz CT molecular complexity index is 874. The number of methoxy groups -OCH3 is 1. The van der Waals surface area contributed by atoms with Crippen LogP contribution < -0.4 is 9.04 Å². The molecule has 0 aromatic heterocycles. The summed E-state index contributed by atoms with van der Waals surface area (Å²) in [7, 11) is 2.66. The van der Waals surface area contributed by atoms with Gasteiger partial charge in [0.1, 0.15) is 5.75 Å². The van der Waals surface area contributed by atoms with Gasteiger partial charge in [0.05, 0.1) is 17.7 Å². The summed E-state index contributed by atoms with van der Waals surface area (Å²) in [5.74, 6) is 0.458. The molecule has 2 rings (SSSR count). The van der Waals surface area contributed by atoms with Crippen LogP contribution in [-0.2, 0) is 10.0 Å². The van der Waals surface area contributed by atoms with E-state index in [2.05, 4.69) is 0 Å². The molecule has 6 nitrogen and oxygen atoms in total. The second kappa shape index (κ2) is 7.14. The molecule has 1 amide bonds. The molecule has 0 aliphatic carbocycles. The molecule has 25 heavy (non-hydrogen) atoms. The summed E-state index contributed by atoms with van der Waals surface area (Å²) in [4.78, 5) is 13.7. The largest absolute Gasteiger partial charge is 0.497 e. The van der Waals surface area contributed by atoms with Crippen molar-refractivity contribution < 1.29 is 17.9 Å². The number of ether oxygens (including phenoxy) is 1. The van der Waals surface area contributed by atoms with Gasteiger partial charge < -0.3 is 9.64 Å². The maximum absolute atomic E-state index is 12.8. The first-order valence-corrected chi connectivity index (χ1v) is 9.07. The first-order valence-electron chi connectivity index (χ1n) is 7.63. The van der Waals surface area contributed by atoms with Gasteiger partial charge in [0.2, 0.25) is 0 Å². The van der Waals surface area contributed by atoms with Gasteiger partial charge in [-0.2, -0.15) is 0 Å². The number of amides is 1. The number of sulfonamides is 1. The molecule has 0 spiro atoms. The van der Waals surface area contributed by atoms with Crippen molar-refractivity contribution >= 4 is 21.6 Å². The van der Waals surface area contributed by atoms with E-state index in [-0.39, 0.29) is 10.8 Å². The zero-order valence-electron chi connectivity index (χ0n) is 15.0. The number of nitrogens with zero attached hydrogens (tertiary/aromatic N) is 2. The highest BCUT2D eigenvalue weighted by molar-refractivity contribution is 7.92. The van der Waals surface area contributed by atoms with E-state index >= 15 is 0 Å². The predicted molar refractivity (Wildman–Crippen MR) is 97.8 cm³/mol. The van der Waals surface area contributed by atoms with Crippen molar-refractivity contribution in [3.8, 4) is 5.75 Å². The van der Waals surface area contributed by atoms with E-state index in [1.807, 2.05) is 0 Å². The number of anilines is 1. The highest BCUT2D eigenvalue weighted by atomic mass is 32.2. The molecule has 0 bridgehead atoms. The molecule has 0 aliphatic rings. The van der Waals surface area contributed by atoms with E-state index in [4.69, 9.17) is 4.74 Å². The van der Waals surface area contributed by atoms with E-state index in [1.54, 1.807) is 51.4 Å². The molecule has 0 heterocycles. The van der Waals surface area contributed by atoms with Crippen molar-refractivity contribution in [1.82, 2.24) is 4.90 Å². The van der Waals surface area contributed by atoms with Gasteiger partial charge >= 0.3 is 0 Å². The Kier molecular flexibility index (Phi) is 5.37. The van der Waals surface area contributed by atoms with Crippen LogP contribution in [0.25, 0.3) is 0 Å². The van der Waals surface area contributed by atoms with Gasteiger partial charge in [-0.25, -0.2) is 8.42 Å². The van der Waals surface area contributed by atoms with Gasteiger partial charge in [-0.15, -0.1) is 0 Å². The predicted octanol–water partition coefficient (Wildman–Crippen LogP) is 2.53. The Morgan fingerprint density at radius 2 is 1.60 bits per heavy atom. The van der Waals surface area contributed by atoms with Crippen LogP contribution in [0.3, 0.4) is 0 Å². The Labute approximate surface area is 148 Å². The summed E-state index contributed by atoms with van der Waals surface area (Å²) in [5.41, 5.74) is 1.74. The van der Waals surface area contributed by atoms with E-state index in [1.165, 1.54) is 35.5 Å². The maximum Gasteiger partial charge on any atom is 0.264 e. The summed E-state index contributed by atoms with van der Waals surface area (Å²) < 4.78 is 31.9. The molecule has 0 radical (unpaired) electrons. The van der Waals surface area contributed by atoms with Crippen molar-refractivity contribution in [2.24, 2.45) is 0 Å². The number of hydrogen-bond acceptors (Lipinski definition) is 4. The van der Waals surface area contributed by atoms with Crippen LogP contribution in [0.5, 0.6) is 5.75 Å². The van der Waals surface area contributed by atoms with Gasteiger partial charge in [-0.1, -0.05) is 0 Å². The molecule has 0 atom stereocenters. The third kappa shape index (κ3) is 3.76. The first kappa shape index (κ1) is 18.8. The lowest BCUT2D eigenvalue weighted by molar-refractivity contribution is 0.0827. The fourth-order valence-electron chi connectivity index (χ4n) is 2.44. The molecule has 2 aromatic carbocycles. The summed E-state index contributed by atoms with van der Waals surface area (Å²) in [6.07, 6.45) is 0. The average Bonchev–Trinajstić information content (AvgIpc) is 2.60.